The minimum absolute atomic E-state index is 0. The first-order chi connectivity index (χ1) is 10.2. The topological polar surface area (TPSA) is 45.7 Å². The van der Waals surface area contributed by atoms with E-state index < -0.39 is 0 Å². The molecule has 2 fully saturated rings. The lowest BCUT2D eigenvalue weighted by Gasteiger charge is -2.22. The molecule has 3 atom stereocenters. The van der Waals surface area contributed by atoms with E-state index in [0.717, 1.165) is 23.4 Å². The van der Waals surface area contributed by atoms with Gasteiger partial charge in [0.15, 0.2) is 5.96 Å². The number of rotatable bonds is 4. The lowest BCUT2D eigenvalue weighted by molar-refractivity contribution is 0.0992. The summed E-state index contributed by atoms with van der Waals surface area (Å²) in [4.78, 5) is 4.69. The zero-order valence-corrected chi connectivity index (χ0v) is 16.6. The first-order valence-electron chi connectivity index (χ1n) is 7.69. The van der Waals surface area contributed by atoms with Crippen LogP contribution in [0.1, 0.15) is 31.7 Å². The Morgan fingerprint density at radius 3 is 2.91 bits per heavy atom. The van der Waals surface area contributed by atoms with Crippen LogP contribution in [0.2, 0.25) is 0 Å². The van der Waals surface area contributed by atoms with Gasteiger partial charge in [-0.25, -0.2) is 4.99 Å². The molecule has 0 spiro atoms. The Balaban J connectivity index is 0.00000176. The van der Waals surface area contributed by atoms with Crippen LogP contribution in [-0.2, 0) is 11.3 Å². The van der Waals surface area contributed by atoms with Crippen molar-refractivity contribution in [3.8, 4) is 0 Å². The summed E-state index contributed by atoms with van der Waals surface area (Å²) in [6, 6.07) is 8.68. The van der Waals surface area contributed by atoms with Crippen LogP contribution >= 0.6 is 39.9 Å². The number of aliphatic imine (C=N–C) groups is 1. The number of hydrogen-bond acceptors (Lipinski definition) is 2. The van der Waals surface area contributed by atoms with Gasteiger partial charge in [0.25, 0.3) is 0 Å². The van der Waals surface area contributed by atoms with Gasteiger partial charge in [0.2, 0.25) is 0 Å². The Hall–Kier alpha value is -0.340. The average Bonchev–Trinajstić information content (AvgIpc) is 3.08. The molecule has 0 aromatic heterocycles. The fourth-order valence-electron chi connectivity index (χ4n) is 3.09. The van der Waals surface area contributed by atoms with Crippen molar-refractivity contribution in [2.45, 2.75) is 51.0 Å². The summed E-state index contributed by atoms with van der Waals surface area (Å²) in [5.74, 6) is 0.888. The van der Waals surface area contributed by atoms with Crippen LogP contribution in [0.15, 0.2) is 33.7 Å². The molecule has 0 aliphatic carbocycles. The zero-order valence-electron chi connectivity index (χ0n) is 12.7. The minimum atomic E-state index is 0. The number of nitrogens with zero attached hydrogens (tertiary/aromatic N) is 1. The van der Waals surface area contributed by atoms with Crippen molar-refractivity contribution >= 4 is 45.9 Å². The quantitative estimate of drug-likeness (QED) is 0.395. The van der Waals surface area contributed by atoms with Gasteiger partial charge in [-0.2, -0.15) is 0 Å². The molecule has 1 aromatic rings. The molecule has 0 amide bonds. The van der Waals surface area contributed by atoms with Crippen molar-refractivity contribution in [1.82, 2.24) is 10.6 Å². The van der Waals surface area contributed by atoms with E-state index in [2.05, 4.69) is 50.6 Å². The second-order valence-electron chi connectivity index (χ2n) is 5.69. The standard InChI is InChI=1S/C16H22BrN3O.HI/c1-2-18-16(19-10-11-4-3-5-12(17)8-11)20-14-9-13-6-7-15(14)21-13;/h3-5,8,13-15H,2,6-7,9-10H2,1H3,(H2,18,19,20);1H. The number of halogens is 2. The lowest BCUT2D eigenvalue weighted by Crippen LogP contribution is -2.47. The number of ether oxygens (including phenoxy) is 1. The largest absolute Gasteiger partial charge is 0.373 e. The molecule has 0 saturated carbocycles. The molecule has 1 aromatic carbocycles. The van der Waals surface area contributed by atoms with Crippen LogP contribution in [0.4, 0.5) is 0 Å². The summed E-state index contributed by atoms with van der Waals surface area (Å²) in [6.07, 6.45) is 4.32. The molecule has 0 radical (unpaired) electrons. The van der Waals surface area contributed by atoms with Crippen molar-refractivity contribution in [2.75, 3.05) is 6.54 Å². The number of nitrogens with one attached hydrogen (secondary N) is 2. The van der Waals surface area contributed by atoms with Gasteiger partial charge in [0.05, 0.1) is 24.8 Å². The van der Waals surface area contributed by atoms with Gasteiger partial charge in [-0.05, 0) is 43.9 Å². The predicted octanol–water partition coefficient (Wildman–Crippen LogP) is 3.44. The van der Waals surface area contributed by atoms with Crippen LogP contribution in [-0.4, -0.2) is 30.8 Å². The Labute approximate surface area is 157 Å². The third-order valence-electron chi connectivity index (χ3n) is 4.08. The summed E-state index contributed by atoms with van der Waals surface area (Å²) >= 11 is 3.50. The first-order valence-corrected chi connectivity index (χ1v) is 8.48. The van der Waals surface area contributed by atoms with Gasteiger partial charge >= 0.3 is 0 Å². The summed E-state index contributed by atoms with van der Waals surface area (Å²) in [5, 5.41) is 6.86. The number of hydrogen-bond donors (Lipinski definition) is 2. The van der Waals surface area contributed by atoms with Gasteiger partial charge in [-0.1, -0.05) is 28.1 Å². The summed E-state index contributed by atoms with van der Waals surface area (Å²) in [6.45, 7) is 3.63. The lowest BCUT2D eigenvalue weighted by atomic mass is 9.96. The molecule has 2 aliphatic rings. The van der Waals surface area contributed by atoms with Crippen LogP contribution in [0.25, 0.3) is 0 Å². The maximum absolute atomic E-state index is 5.89. The maximum Gasteiger partial charge on any atom is 0.191 e. The number of guanidine groups is 1. The molecular formula is C16H23BrIN3O. The second-order valence-corrected chi connectivity index (χ2v) is 6.60. The van der Waals surface area contributed by atoms with Crippen molar-refractivity contribution < 1.29 is 4.74 Å². The molecule has 2 saturated heterocycles. The highest BCUT2D eigenvalue weighted by Crippen LogP contribution is 2.34. The molecular weight excluding hydrogens is 457 g/mol. The summed E-state index contributed by atoms with van der Waals surface area (Å²) < 4.78 is 6.98. The third-order valence-corrected chi connectivity index (χ3v) is 4.57. The third kappa shape index (κ3) is 4.58. The van der Waals surface area contributed by atoms with E-state index in [4.69, 9.17) is 4.74 Å². The van der Waals surface area contributed by atoms with Crippen molar-refractivity contribution in [1.29, 1.82) is 0 Å². The molecule has 3 rings (SSSR count). The van der Waals surface area contributed by atoms with Crippen molar-refractivity contribution in [3.63, 3.8) is 0 Å². The fraction of sp³-hybridized carbons (Fsp3) is 0.562. The molecule has 2 bridgehead atoms. The van der Waals surface area contributed by atoms with Gasteiger partial charge in [0.1, 0.15) is 0 Å². The fourth-order valence-corrected chi connectivity index (χ4v) is 3.54. The molecule has 122 valence electrons. The molecule has 2 heterocycles. The highest BCUT2D eigenvalue weighted by molar-refractivity contribution is 14.0. The van der Waals surface area contributed by atoms with E-state index in [-0.39, 0.29) is 24.0 Å². The molecule has 2 N–H and O–H groups in total. The highest BCUT2D eigenvalue weighted by atomic mass is 127. The van der Waals surface area contributed by atoms with E-state index in [1.807, 2.05) is 12.1 Å². The van der Waals surface area contributed by atoms with Gasteiger partial charge in [0, 0.05) is 11.0 Å². The van der Waals surface area contributed by atoms with Crippen LogP contribution in [0, 0.1) is 0 Å². The highest BCUT2D eigenvalue weighted by Gasteiger charge is 2.41. The van der Waals surface area contributed by atoms with E-state index in [9.17, 15) is 0 Å². The zero-order chi connectivity index (χ0) is 14.7. The van der Waals surface area contributed by atoms with E-state index >= 15 is 0 Å². The summed E-state index contributed by atoms with van der Waals surface area (Å²) in [7, 11) is 0. The van der Waals surface area contributed by atoms with E-state index in [1.165, 1.54) is 18.4 Å². The predicted molar refractivity (Wildman–Crippen MR) is 104 cm³/mol. The molecule has 4 nitrogen and oxygen atoms in total. The van der Waals surface area contributed by atoms with Crippen molar-refractivity contribution in [2.24, 2.45) is 4.99 Å². The average molecular weight is 480 g/mol. The first kappa shape index (κ1) is 18.0. The van der Waals surface area contributed by atoms with Gasteiger partial charge in [-0.3, -0.25) is 0 Å². The molecule has 6 heteroatoms. The van der Waals surface area contributed by atoms with Crippen LogP contribution in [0.3, 0.4) is 0 Å². The van der Waals surface area contributed by atoms with E-state index in [1.54, 1.807) is 0 Å². The van der Waals surface area contributed by atoms with Gasteiger partial charge < -0.3 is 15.4 Å². The monoisotopic (exact) mass is 479 g/mol. The minimum Gasteiger partial charge on any atom is -0.373 e. The normalized spacial score (nSPS) is 26.6. The van der Waals surface area contributed by atoms with Gasteiger partial charge in [-0.15, -0.1) is 24.0 Å². The Morgan fingerprint density at radius 2 is 2.27 bits per heavy atom. The Morgan fingerprint density at radius 1 is 1.41 bits per heavy atom. The summed E-state index contributed by atoms with van der Waals surface area (Å²) in [5.41, 5.74) is 1.20. The smallest absolute Gasteiger partial charge is 0.191 e. The Kier molecular flexibility index (Phi) is 6.95. The molecule has 22 heavy (non-hydrogen) atoms. The molecule has 2 aliphatic heterocycles. The van der Waals surface area contributed by atoms with Crippen LogP contribution < -0.4 is 10.6 Å². The number of fused-ring (bicyclic) bond motifs is 2. The maximum atomic E-state index is 5.89. The van der Waals surface area contributed by atoms with E-state index in [0.29, 0.717) is 24.8 Å². The number of benzene rings is 1. The SMILES string of the molecule is CCNC(=NCc1cccc(Br)c1)NC1CC2CCC1O2.I. The Bertz CT molecular complexity index is 526. The van der Waals surface area contributed by atoms with Crippen molar-refractivity contribution in [3.05, 3.63) is 34.3 Å². The molecule has 3 unspecified atom stereocenters. The van der Waals surface area contributed by atoms with Crippen LogP contribution in [0.5, 0.6) is 0 Å². The second kappa shape index (κ2) is 8.49.